The van der Waals surface area contributed by atoms with Crippen molar-refractivity contribution < 1.29 is 24.0 Å². The van der Waals surface area contributed by atoms with Crippen molar-refractivity contribution in [3.8, 4) is 0 Å². The summed E-state index contributed by atoms with van der Waals surface area (Å²) in [6.07, 6.45) is 26.5. The molecule has 0 spiro atoms. The van der Waals surface area contributed by atoms with Crippen LogP contribution < -0.4 is 5.73 Å². The highest BCUT2D eigenvalue weighted by Crippen LogP contribution is 1.99. The standard InChI is InChI=1S/C23H35NO5S/c24-21(23(27)28)20-30(29)19-17-15-13-11-9-7-5-3-1-2-4-6-8-10-12-14-16-18-22(25)26/h1,3-4,6-7,9-10,12-13,15,21H,2,5,8,11,14,16-20,24H2,(H,25,26)(H,27,28)/b3-1-,6-4-,9-7-,12-10-,15-13-. The van der Waals surface area contributed by atoms with E-state index in [1.807, 2.05) is 18.2 Å². The summed E-state index contributed by atoms with van der Waals surface area (Å²) in [6, 6.07) is -1.06. The Morgan fingerprint density at radius 2 is 1.20 bits per heavy atom. The molecule has 7 heteroatoms. The van der Waals surface area contributed by atoms with Gasteiger partial charge in [-0.25, -0.2) is 0 Å². The minimum atomic E-state index is -1.20. The molecule has 2 unspecified atom stereocenters. The van der Waals surface area contributed by atoms with Crippen LogP contribution in [0.3, 0.4) is 0 Å². The summed E-state index contributed by atoms with van der Waals surface area (Å²) < 4.78 is 11.6. The van der Waals surface area contributed by atoms with Gasteiger partial charge in [-0.1, -0.05) is 60.8 Å². The van der Waals surface area contributed by atoms with Crippen LogP contribution in [0.2, 0.25) is 0 Å². The van der Waals surface area contributed by atoms with Gasteiger partial charge in [-0.15, -0.1) is 0 Å². The lowest BCUT2D eigenvalue weighted by Crippen LogP contribution is -2.36. The number of carboxylic acids is 2. The first-order valence-corrected chi connectivity index (χ1v) is 11.7. The van der Waals surface area contributed by atoms with E-state index in [-0.39, 0.29) is 12.2 Å². The Labute approximate surface area is 182 Å². The third-order valence-electron chi connectivity index (χ3n) is 3.88. The molecular formula is C23H35NO5S. The summed E-state index contributed by atoms with van der Waals surface area (Å²) in [5.41, 5.74) is 5.35. The zero-order chi connectivity index (χ0) is 22.5. The van der Waals surface area contributed by atoms with E-state index in [1.165, 1.54) is 0 Å². The number of rotatable bonds is 18. The van der Waals surface area contributed by atoms with E-state index in [0.29, 0.717) is 18.6 Å². The van der Waals surface area contributed by atoms with Gasteiger partial charge in [-0.3, -0.25) is 13.8 Å². The molecule has 2 atom stereocenters. The maximum atomic E-state index is 11.6. The molecule has 4 N–H and O–H groups in total. The fourth-order valence-electron chi connectivity index (χ4n) is 2.25. The van der Waals surface area contributed by atoms with E-state index >= 15 is 0 Å². The van der Waals surface area contributed by atoms with Crippen molar-refractivity contribution in [3.63, 3.8) is 0 Å². The molecule has 0 heterocycles. The van der Waals surface area contributed by atoms with Gasteiger partial charge in [0.1, 0.15) is 6.04 Å². The molecule has 0 aliphatic rings. The Balaban J connectivity index is 3.63. The average molecular weight is 438 g/mol. The number of allylic oxidation sites excluding steroid dienone is 10. The molecule has 0 rings (SSSR count). The zero-order valence-electron chi connectivity index (χ0n) is 17.5. The van der Waals surface area contributed by atoms with Crippen molar-refractivity contribution in [1.82, 2.24) is 0 Å². The van der Waals surface area contributed by atoms with Gasteiger partial charge in [-0.2, -0.15) is 0 Å². The molecule has 0 amide bonds. The van der Waals surface area contributed by atoms with E-state index in [9.17, 15) is 13.8 Å². The number of carboxylic acid groups (broad SMARTS) is 2. The lowest BCUT2D eigenvalue weighted by Gasteiger charge is -2.04. The fraction of sp³-hybridized carbons (Fsp3) is 0.478. The molecule has 30 heavy (non-hydrogen) atoms. The number of carbonyl (C=O) groups is 2. The second-order valence-electron chi connectivity index (χ2n) is 6.63. The van der Waals surface area contributed by atoms with Crippen LogP contribution in [-0.2, 0) is 20.4 Å². The molecule has 6 nitrogen and oxygen atoms in total. The maximum Gasteiger partial charge on any atom is 0.321 e. The third kappa shape index (κ3) is 20.5. The largest absolute Gasteiger partial charge is 0.481 e. The minimum absolute atomic E-state index is 0.00407. The van der Waals surface area contributed by atoms with Crippen molar-refractivity contribution in [2.45, 2.75) is 57.4 Å². The van der Waals surface area contributed by atoms with Crippen molar-refractivity contribution >= 4 is 22.7 Å². The van der Waals surface area contributed by atoms with Gasteiger partial charge in [-0.05, 0) is 44.9 Å². The second kappa shape index (κ2) is 20.0. The fourth-order valence-corrected chi connectivity index (χ4v) is 3.35. The average Bonchev–Trinajstić information content (AvgIpc) is 2.69. The Hall–Kier alpha value is -2.25. The lowest BCUT2D eigenvalue weighted by molar-refractivity contribution is -0.138. The Kier molecular flexibility index (Phi) is 18.5. The maximum absolute atomic E-state index is 11.6. The molecule has 0 fully saturated rings. The smallest absolute Gasteiger partial charge is 0.321 e. The third-order valence-corrected chi connectivity index (χ3v) is 5.30. The van der Waals surface area contributed by atoms with E-state index in [2.05, 4.69) is 42.5 Å². The van der Waals surface area contributed by atoms with Gasteiger partial charge in [0.05, 0.1) is 0 Å². The normalized spacial score (nSPS) is 14.6. The highest BCUT2D eigenvalue weighted by atomic mass is 32.2. The van der Waals surface area contributed by atoms with Gasteiger partial charge < -0.3 is 15.9 Å². The summed E-state index contributed by atoms with van der Waals surface area (Å²) in [4.78, 5) is 20.9. The highest BCUT2D eigenvalue weighted by molar-refractivity contribution is 7.85. The minimum Gasteiger partial charge on any atom is -0.481 e. The quantitative estimate of drug-likeness (QED) is 0.219. The molecule has 0 saturated heterocycles. The molecule has 168 valence electrons. The first-order valence-electron chi connectivity index (χ1n) is 10.2. The van der Waals surface area contributed by atoms with E-state index in [1.54, 1.807) is 0 Å². The van der Waals surface area contributed by atoms with Crippen molar-refractivity contribution in [2.24, 2.45) is 5.73 Å². The molecule has 0 aromatic heterocycles. The van der Waals surface area contributed by atoms with Crippen molar-refractivity contribution in [1.29, 1.82) is 0 Å². The Bertz CT molecular complexity index is 650. The van der Waals surface area contributed by atoms with Crippen molar-refractivity contribution in [3.05, 3.63) is 60.8 Å². The predicted octanol–water partition coefficient (Wildman–Crippen LogP) is 4.13. The number of unbranched alkanes of at least 4 members (excludes halogenated alkanes) is 1. The Morgan fingerprint density at radius 3 is 1.63 bits per heavy atom. The molecule has 0 saturated carbocycles. The van der Waals surface area contributed by atoms with Crippen LogP contribution in [0.1, 0.15) is 51.4 Å². The van der Waals surface area contributed by atoms with Crippen LogP contribution in [-0.4, -0.2) is 43.9 Å². The Morgan fingerprint density at radius 1 is 0.767 bits per heavy atom. The van der Waals surface area contributed by atoms with Crippen molar-refractivity contribution in [2.75, 3.05) is 11.5 Å². The molecule has 0 aromatic carbocycles. The van der Waals surface area contributed by atoms with Crippen LogP contribution in [0.5, 0.6) is 0 Å². The molecule has 0 bridgehead atoms. The van der Waals surface area contributed by atoms with Gasteiger partial charge in [0.25, 0.3) is 0 Å². The molecular weight excluding hydrogens is 402 g/mol. The summed E-state index contributed by atoms with van der Waals surface area (Å²) >= 11 is 0. The van der Waals surface area contributed by atoms with Crippen LogP contribution >= 0.6 is 0 Å². The zero-order valence-corrected chi connectivity index (χ0v) is 18.3. The topological polar surface area (TPSA) is 118 Å². The number of hydrogen-bond donors (Lipinski definition) is 3. The number of hydrogen-bond acceptors (Lipinski definition) is 4. The van der Waals surface area contributed by atoms with Crippen LogP contribution in [0, 0.1) is 0 Å². The second-order valence-corrected chi connectivity index (χ2v) is 8.25. The van der Waals surface area contributed by atoms with E-state index in [0.717, 1.165) is 32.1 Å². The molecule has 0 aromatic rings. The number of nitrogens with two attached hydrogens (primary N) is 1. The van der Waals surface area contributed by atoms with Gasteiger partial charge in [0.2, 0.25) is 0 Å². The first kappa shape index (κ1) is 27.8. The van der Waals surface area contributed by atoms with Gasteiger partial charge in [0.15, 0.2) is 0 Å². The van der Waals surface area contributed by atoms with Gasteiger partial charge in [0, 0.05) is 28.7 Å². The number of aliphatic carboxylic acids is 2. The summed E-state index contributed by atoms with van der Waals surface area (Å²) in [5.74, 6) is -1.44. The summed E-state index contributed by atoms with van der Waals surface area (Å²) in [6.45, 7) is 0. The lowest BCUT2D eigenvalue weighted by atomic mass is 10.2. The highest BCUT2D eigenvalue weighted by Gasteiger charge is 2.14. The SMILES string of the molecule is NC(CS(=O)CC/C=C\C/C=C\C/C=C\C/C=C\C/C=C\CCCC(=O)O)C(=O)O. The summed E-state index contributed by atoms with van der Waals surface area (Å²) in [5, 5.41) is 17.2. The monoisotopic (exact) mass is 437 g/mol. The molecule has 0 radical (unpaired) electrons. The van der Waals surface area contributed by atoms with E-state index < -0.39 is 28.8 Å². The molecule has 0 aliphatic heterocycles. The first-order chi connectivity index (χ1) is 14.4. The summed E-state index contributed by atoms with van der Waals surface area (Å²) in [7, 11) is -1.20. The van der Waals surface area contributed by atoms with Crippen LogP contribution in [0.15, 0.2) is 60.8 Å². The van der Waals surface area contributed by atoms with Crippen LogP contribution in [0.4, 0.5) is 0 Å². The molecule has 0 aliphatic carbocycles. The van der Waals surface area contributed by atoms with Gasteiger partial charge >= 0.3 is 11.9 Å². The van der Waals surface area contributed by atoms with E-state index in [4.69, 9.17) is 15.9 Å². The predicted molar refractivity (Wildman–Crippen MR) is 124 cm³/mol. The van der Waals surface area contributed by atoms with Crippen LogP contribution in [0.25, 0.3) is 0 Å².